The predicted molar refractivity (Wildman–Crippen MR) is 91.0 cm³/mol. The van der Waals surface area contributed by atoms with Crippen molar-refractivity contribution in [2.45, 2.75) is 19.4 Å². The molecule has 5 heteroatoms. The van der Waals surface area contributed by atoms with Crippen LogP contribution < -0.4 is 0 Å². The number of benzene rings is 2. The minimum atomic E-state index is -0.230. The summed E-state index contributed by atoms with van der Waals surface area (Å²) in [4.78, 5) is 0. The summed E-state index contributed by atoms with van der Waals surface area (Å²) in [6.07, 6.45) is 3.97. The van der Waals surface area contributed by atoms with E-state index in [1.807, 2.05) is 12.3 Å². The van der Waals surface area contributed by atoms with Crippen molar-refractivity contribution in [1.29, 1.82) is 0 Å². The molecule has 0 fully saturated rings. The van der Waals surface area contributed by atoms with Crippen LogP contribution in [0.1, 0.15) is 12.1 Å². The van der Waals surface area contributed by atoms with E-state index in [0.717, 1.165) is 52.7 Å². The van der Waals surface area contributed by atoms with Crippen LogP contribution in [0.2, 0.25) is 0 Å². The van der Waals surface area contributed by atoms with E-state index >= 15 is 0 Å². The lowest BCUT2D eigenvalue weighted by atomic mass is 9.97. The van der Waals surface area contributed by atoms with Gasteiger partial charge in [0, 0.05) is 28.8 Å². The van der Waals surface area contributed by atoms with Crippen molar-refractivity contribution < 1.29 is 4.39 Å². The second kappa shape index (κ2) is 5.03. The molecule has 0 bridgehead atoms. The van der Waals surface area contributed by atoms with E-state index in [-0.39, 0.29) is 5.82 Å². The third-order valence-electron chi connectivity index (χ3n) is 4.69. The van der Waals surface area contributed by atoms with E-state index < -0.39 is 0 Å². The minimum Gasteiger partial charge on any atom is -0.278 e. The number of aromatic nitrogens is 4. The smallest absolute Gasteiger partial charge is 0.123 e. The van der Waals surface area contributed by atoms with Gasteiger partial charge >= 0.3 is 0 Å². The van der Waals surface area contributed by atoms with Crippen LogP contribution in [0.4, 0.5) is 4.39 Å². The normalized spacial score (nSPS) is 13.5. The molecule has 24 heavy (non-hydrogen) atoms. The number of nitrogens with zero attached hydrogens (tertiary/aromatic N) is 3. The number of nitrogens with one attached hydrogen (secondary N) is 1. The maximum Gasteiger partial charge on any atom is 0.123 e. The molecule has 0 spiro atoms. The lowest BCUT2D eigenvalue weighted by Gasteiger charge is -2.06. The van der Waals surface area contributed by atoms with Gasteiger partial charge in [-0.3, -0.25) is 9.78 Å². The zero-order chi connectivity index (χ0) is 16.1. The summed E-state index contributed by atoms with van der Waals surface area (Å²) in [5.74, 6) is -0.230. The first-order valence-corrected chi connectivity index (χ1v) is 8.09. The largest absolute Gasteiger partial charge is 0.278 e. The monoisotopic (exact) mass is 318 g/mol. The predicted octanol–water partition coefficient (Wildman–Crippen LogP) is 4.18. The number of hydrogen-bond acceptors (Lipinski definition) is 2. The molecule has 0 aliphatic carbocycles. The van der Waals surface area contributed by atoms with Gasteiger partial charge in [0.2, 0.25) is 0 Å². The molecular weight excluding hydrogens is 303 g/mol. The highest BCUT2D eigenvalue weighted by Gasteiger charge is 2.23. The van der Waals surface area contributed by atoms with Gasteiger partial charge in [-0.05, 0) is 54.8 Å². The molecule has 0 atom stereocenters. The van der Waals surface area contributed by atoms with Crippen LogP contribution in [-0.2, 0) is 13.0 Å². The standard InChI is InChI=1S/C19H15FN4/c20-15-6-3-12(4-7-15)19-18(17-2-1-9-24(17)23-19)13-5-8-16-14(10-13)11-21-22-16/h3-8,10-11H,1-2,9H2,(H,21,22). The number of aromatic amines is 1. The second-order valence-electron chi connectivity index (χ2n) is 6.18. The molecule has 2 aromatic heterocycles. The Balaban J connectivity index is 1.75. The summed E-state index contributed by atoms with van der Waals surface area (Å²) in [5.41, 5.74) is 6.43. The van der Waals surface area contributed by atoms with E-state index in [0.29, 0.717) is 0 Å². The molecule has 3 heterocycles. The molecule has 1 aliphatic rings. The number of H-pyrrole nitrogens is 1. The summed E-state index contributed by atoms with van der Waals surface area (Å²) in [6, 6.07) is 12.9. The third kappa shape index (κ3) is 1.98. The highest BCUT2D eigenvalue weighted by molar-refractivity contribution is 5.89. The first-order valence-electron chi connectivity index (χ1n) is 8.09. The fourth-order valence-corrected chi connectivity index (χ4v) is 3.54. The van der Waals surface area contributed by atoms with Crippen molar-refractivity contribution in [3.8, 4) is 22.4 Å². The molecule has 0 unspecified atom stereocenters. The number of halogens is 1. The van der Waals surface area contributed by atoms with Crippen molar-refractivity contribution in [3.63, 3.8) is 0 Å². The summed E-state index contributed by atoms with van der Waals surface area (Å²) in [7, 11) is 0. The first-order chi connectivity index (χ1) is 11.8. The van der Waals surface area contributed by atoms with E-state index in [2.05, 4.69) is 27.0 Å². The molecule has 0 amide bonds. The number of fused-ring (bicyclic) bond motifs is 2. The average molecular weight is 318 g/mol. The van der Waals surface area contributed by atoms with Gasteiger partial charge in [0.1, 0.15) is 11.5 Å². The van der Waals surface area contributed by atoms with Crippen molar-refractivity contribution in [3.05, 3.63) is 60.2 Å². The Labute approximate surface area is 137 Å². The van der Waals surface area contributed by atoms with Gasteiger partial charge in [0.15, 0.2) is 0 Å². The molecule has 5 rings (SSSR count). The van der Waals surface area contributed by atoms with Crippen LogP contribution in [-0.4, -0.2) is 20.0 Å². The van der Waals surface area contributed by atoms with E-state index in [1.54, 1.807) is 12.1 Å². The first kappa shape index (κ1) is 13.5. The van der Waals surface area contributed by atoms with E-state index in [4.69, 9.17) is 5.10 Å². The van der Waals surface area contributed by atoms with Gasteiger partial charge in [-0.1, -0.05) is 6.07 Å². The van der Waals surface area contributed by atoms with Crippen LogP contribution in [0, 0.1) is 5.82 Å². The molecular formula is C19H15FN4. The summed E-state index contributed by atoms with van der Waals surface area (Å²) in [6.45, 7) is 0.942. The fraction of sp³-hybridized carbons (Fsp3) is 0.158. The summed E-state index contributed by atoms with van der Waals surface area (Å²) in [5, 5.41) is 13.0. The van der Waals surface area contributed by atoms with Crippen molar-refractivity contribution in [1.82, 2.24) is 20.0 Å². The molecule has 2 aromatic carbocycles. The van der Waals surface area contributed by atoms with Crippen LogP contribution in [0.5, 0.6) is 0 Å². The maximum absolute atomic E-state index is 13.3. The van der Waals surface area contributed by atoms with Crippen LogP contribution >= 0.6 is 0 Å². The van der Waals surface area contributed by atoms with Gasteiger partial charge in [-0.25, -0.2) is 4.39 Å². The van der Waals surface area contributed by atoms with Crippen LogP contribution in [0.3, 0.4) is 0 Å². The molecule has 4 aromatic rings. The quantitative estimate of drug-likeness (QED) is 0.603. The van der Waals surface area contributed by atoms with Gasteiger partial charge < -0.3 is 0 Å². The second-order valence-corrected chi connectivity index (χ2v) is 6.18. The van der Waals surface area contributed by atoms with Crippen LogP contribution in [0.25, 0.3) is 33.3 Å². The van der Waals surface area contributed by atoms with E-state index in [1.165, 1.54) is 17.8 Å². The minimum absolute atomic E-state index is 0.230. The number of rotatable bonds is 2. The Hall–Kier alpha value is -2.95. The maximum atomic E-state index is 13.3. The highest BCUT2D eigenvalue weighted by atomic mass is 19.1. The topological polar surface area (TPSA) is 46.5 Å². The number of aryl methyl sites for hydroxylation is 1. The van der Waals surface area contributed by atoms with Gasteiger partial charge in [0.05, 0.1) is 11.7 Å². The van der Waals surface area contributed by atoms with E-state index in [9.17, 15) is 4.39 Å². The van der Waals surface area contributed by atoms with Gasteiger partial charge in [-0.15, -0.1) is 0 Å². The fourth-order valence-electron chi connectivity index (χ4n) is 3.54. The Morgan fingerprint density at radius 1 is 1.04 bits per heavy atom. The van der Waals surface area contributed by atoms with Crippen molar-refractivity contribution in [2.24, 2.45) is 0 Å². The third-order valence-corrected chi connectivity index (χ3v) is 4.69. The molecule has 4 nitrogen and oxygen atoms in total. The lowest BCUT2D eigenvalue weighted by molar-refractivity contribution is 0.628. The number of hydrogen-bond donors (Lipinski definition) is 1. The Morgan fingerprint density at radius 2 is 1.88 bits per heavy atom. The Morgan fingerprint density at radius 3 is 2.75 bits per heavy atom. The highest BCUT2D eigenvalue weighted by Crippen LogP contribution is 2.38. The Bertz CT molecular complexity index is 1040. The van der Waals surface area contributed by atoms with Gasteiger partial charge in [-0.2, -0.15) is 10.2 Å². The van der Waals surface area contributed by atoms with Gasteiger partial charge in [0.25, 0.3) is 0 Å². The molecule has 1 N–H and O–H groups in total. The molecule has 118 valence electrons. The van der Waals surface area contributed by atoms with Crippen molar-refractivity contribution in [2.75, 3.05) is 0 Å². The molecule has 0 saturated heterocycles. The molecule has 1 aliphatic heterocycles. The zero-order valence-corrected chi connectivity index (χ0v) is 13.0. The average Bonchev–Trinajstić information content (AvgIpc) is 3.29. The molecule has 0 saturated carbocycles. The molecule has 0 radical (unpaired) electrons. The van der Waals surface area contributed by atoms with Crippen molar-refractivity contribution >= 4 is 10.9 Å². The lowest BCUT2D eigenvalue weighted by Crippen LogP contribution is -1.94. The SMILES string of the molecule is Fc1ccc(-c2nn3c(c2-c2ccc4[nH]ncc4c2)CCC3)cc1. The van der Waals surface area contributed by atoms with Crippen LogP contribution in [0.15, 0.2) is 48.7 Å². The summed E-state index contributed by atoms with van der Waals surface area (Å²) >= 11 is 0. The summed E-state index contributed by atoms with van der Waals surface area (Å²) < 4.78 is 15.4. The zero-order valence-electron chi connectivity index (χ0n) is 13.0. The Kier molecular flexibility index (Phi) is 2.82.